The van der Waals surface area contributed by atoms with E-state index in [1.807, 2.05) is 0 Å². The smallest absolute Gasteiger partial charge is 0.744 e. The summed E-state index contributed by atoms with van der Waals surface area (Å²) in [4.78, 5) is 36.6. The predicted molar refractivity (Wildman–Crippen MR) is 200 cm³/mol. The van der Waals surface area contributed by atoms with Gasteiger partial charge in [-0.15, -0.1) is 0 Å². The van der Waals surface area contributed by atoms with Gasteiger partial charge in [-0.2, -0.15) is 15.3 Å². The van der Waals surface area contributed by atoms with Crippen molar-refractivity contribution in [2.75, 3.05) is 16.1 Å². The van der Waals surface area contributed by atoms with E-state index in [0.29, 0.717) is 23.5 Å². The monoisotopic (exact) mass is 896 g/mol. The van der Waals surface area contributed by atoms with Crippen molar-refractivity contribution in [3.63, 3.8) is 0 Å². The minimum atomic E-state index is -5.44. The number of carbonyl (C=O) groups excluding carboxylic acids is 3. The second-order valence-corrected chi connectivity index (χ2v) is 15.9. The molecule has 5 aromatic rings. The number of hydrogen-bond acceptors (Lipinski definition) is 16. The Balaban J connectivity index is 0.00000320. The summed E-state index contributed by atoms with van der Waals surface area (Å²) in [6.07, 6.45) is 0.462. The molecule has 290 valence electrons. The van der Waals surface area contributed by atoms with E-state index in [0.717, 1.165) is 18.2 Å². The van der Waals surface area contributed by atoms with E-state index in [1.165, 1.54) is 72.8 Å². The number of nitrogens with zero attached hydrogens (tertiary/aromatic N) is 3. The molecule has 0 bridgehead atoms. The molecule has 0 saturated carbocycles. The van der Waals surface area contributed by atoms with Crippen LogP contribution in [0.15, 0.2) is 151 Å². The first kappa shape index (κ1) is 50.6. The first-order chi connectivity index (χ1) is 26.9. The van der Waals surface area contributed by atoms with E-state index in [-0.39, 0.29) is 111 Å². The van der Waals surface area contributed by atoms with Crippen LogP contribution in [0.2, 0.25) is 0 Å². The molecule has 3 N–H and O–H groups in total. The molecule has 6 rings (SSSR count). The van der Waals surface area contributed by atoms with Crippen LogP contribution in [0.4, 0.5) is 28.4 Å². The van der Waals surface area contributed by atoms with E-state index >= 15 is 0 Å². The van der Waals surface area contributed by atoms with Gasteiger partial charge >= 0.3 is 88.7 Å². The van der Waals surface area contributed by atoms with Crippen molar-refractivity contribution in [1.82, 2.24) is 0 Å². The van der Waals surface area contributed by atoms with Crippen LogP contribution in [0, 0.1) is 0 Å². The quantitative estimate of drug-likeness (QED) is 0.0492. The number of azo groups is 1. The average molecular weight is 897 g/mol. The molecular weight excluding hydrogens is 874 g/mol. The van der Waals surface area contributed by atoms with Crippen LogP contribution >= 0.6 is 0 Å². The molecule has 0 fully saturated rings. The maximum Gasteiger partial charge on any atom is 1.00 e. The van der Waals surface area contributed by atoms with Crippen molar-refractivity contribution in [3.05, 3.63) is 148 Å². The van der Waals surface area contributed by atoms with Crippen LogP contribution in [0.25, 0.3) is 0 Å². The molecule has 5 aromatic carbocycles. The molecule has 0 radical (unpaired) electrons. The number of rotatable bonds is 11. The normalized spacial score (nSPS) is 13.2. The third-order valence-corrected chi connectivity index (χ3v) is 10.4. The number of fused-ring (bicyclic) bond motifs is 1. The Morgan fingerprint density at radius 3 is 1.58 bits per heavy atom. The molecule has 18 nitrogen and oxygen atoms in total. The predicted octanol–water partition coefficient (Wildman–Crippen LogP) is -4.13. The molecule has 0 heterocycles. The van der Waals surface area contributed by atoms with E-state index in [1.54, 1.807) is 18.2 Å². The zero-order chi connectivity index (χ0) is 41.1. The summed E-state index contributed by atoms with van der Waals surface area (Å²) in [6, 6.07) is 25.4. The molecule has 0 atom stereocenters. The van der Waals surface area contributed by atoms with Gasteiger partial charge in [0.2, 0.25) is 0 Å². The van der Waals surface area contributed by atoms with Gasteiger partial charge in [0.05, 0.1) is 43.0 Å². The summed E-state index contributed by atoms with van der Waals surface area (Å²) in [7, 11) is -15.3. The molecule has 1 aliphatic carbocycles. The molecule has 60 heavy (non-hydrogen) atoms. The average Bonchev–Trinajstić information content (AvgIpc) is 3.16. The Kier molecular flexibility index (Phi) is 17.6. The van der Waals surface area contributed by atoms with Crippen LogP contribution in [0.3, 0.4) is 0 Å². The van der Waals surface area contributed by atoms with Crippen molar-refractivity contribution in [3.8, 4) is 0 Å². The molecule has 0 unspecified atom stereocenters. The molecule has 2 amide bonds. The Bertz CT molecular complexity index is 2880. The maximum absolute atomic E-state index is 13.2. The second kappa shape index (κ2) is 20.9. The van der Waals surface area contributed by atoms with Gasteiger partial charge in [-0.25, -0.2) is 25.3 Å². The summed E-state index contributed by atoms with van der Waals surface area (Å²) in [5.74, 6) is -2.45. The van der Waals surface area contributed by atoms with Crippen LogP contribution < -0.4 is 105 Å². The first-order valence-corrected chi connectivity index (χ1v) is 20.2. The van der Waals surface area contributed by atoms with Gasteiger partial charge in [-0.05, 0) is 97.1 Å². The fraction of sp³-hybridized carbons (Fsp3) is 0. The molecule has 0 aliphatic heterocycles. The Morgan fingerprint density at radius 1 is 0.550 bits per heavy atom. The minimum absolute atomic E-state index is 0. The van der Waals surface area contributed by atoms with E-state index in [2.05, 4.69) is 31.4 Å². The van der Waals surface area contributed by atoms with E-state index in [9.17, 15) is 53.3 Å². The number of benzene rings is 5. The molecule has 0 saturated heterocycles. The zero-order valence-electron chi connectivity index (χ0n) is 31.5. The van der Waals surface area contributed by atoms with Crippen molar-refractivity contribution in [1.29, 1.82) is 0 Å². The number of ketones is 1. The Morgan fingerprint density at radius 2 is 1.05 bits per heavy atom. The number of nitrogens with one attached hydrogen (secondary N) is 3. The third-order valence-electron chi connectivity index (χ3n) is 7.93. The number of carbonyl (C=O) groups is 3. The number of hydrogen-bond donors (Lipinski definition) is 3. The fourth-order valence-corrected chi connectivity index (χ4v) is 6.86. The van der Waals surface area contributed by atoms with Crippen LogP contribution in [-0.4, -0.2) is 62.2 Å². The van der Waals surface area contributed by atoms with Crippen LogP contribution in [0.5, 0.6) is 0 Å². The van der Waals surface area contributed by atoms with Crippen LogP contribution in [0.1, 0.15) is 36.6 Å². The molecule has 24 heteroatoms. The van der Waals surface area contributed by atoms with Gasteiger partial charge in [0.15, 0.2) is 5.78 Å². The Labute approximate surface area is 409 Å². The number of hydrazone groups is 1. The largest absolute Gasteiger partial charge is 1.00 e. The topological polar surface area (TPSA) is 296 Å². The summed E-state index contributed by atoms with van der Waals surface area (Å²) in [5, 5.41) is 17.0. The van der Waals surface area contributed by atoms with Crippen molar-refractivity contribution >= 4 is 82.1 Å². The van der Waals surface area contributed by atoms with Gasteiger partial charge in [-0.1, -0.05) is 18.2 Å². The van der Waals surface area contributed by atoms with Gasteiger partial charge in [0.1, 0.15) is 36.1 Å². The minimum Gasteiger partial charge on any atom is -0.744 e. The third kappa shape index (κ3) is 12.7. The number of anilines is 3. The van der Waals surface area contributed by atoms with Crippen molar-refractivity contribution in [2.24, 2.45) is 15.3 Å². The first-order valence-electron chi connectivity index (χ1n) is 15.9. The standard InChI is InChI=1S/C36H26N6O12S3.3Na/c43-31-20-32(57(52,53)54)34(29-18-28(56(49,50)51)19-30(33(29)31)38-36(45)21-4-2-1-3-5-21)42-41-24-8-6-22(7-9-24)35(44)37-23-10-12-25(13-11-23)39-40-26-14-16-27(17-15-26)55(46,47)48;;;/h1-20,41H,(H,37,44)(H,38,45)(H,46,47,48)(H,49,50,51)(H,52,53,54);;;/q;3*+1/p-3/b40-39?,42-34-;;;. The summed E-state index contributed by atoms with van der Waals surface area (Å²) >= 11 is 0. The van der Waals surface area contributed by atoms with E-state index < -0.39 is 85.2 Å². The molecular formula is C36H23N6Na3O12S3. The summed E-state index contributed by atoms with van der Waals surface area (Å²) < 4.78 is 107. The van der Waals surface area contributed by atoms with Crippen LogP contribution in [-0.2, 0) is 30.4 Å². The van der Waals surface area contributed by atoms with Crippen molar-refractivity contribution < 1.29 is 142 Å². The van der Waals surface area contributed by atoms with Gasteiger partial charge in [0.25, 0.3) is 11.8 Å². The van der Waals surface area contributed by atoms with E-state index in [4.69, 9.17) is 0 Å². The molecule has 0 aromatic heterocycles. The van der Waals surface area contributed by atoms with Crippen molar-refractivity contribution in [2.45, 2.75) is 9.79 Å². The Hall–Kier alpha value is -3.75. The summed E-state index contributed by atoms with van der Waals surface area (Å²) in [6.45, 7) is 0. The second-order valence-electron chi connectivity index (χ2n) is 11.8. The maximum atomic E-state index is 13.2. The summed E-state index contributed by atoms with van der Waals surface area (Å²) in [5.41, 5.74) is 1.72. The van der Waals surface area contributed by atoms with Gasteiger partial charge in [-0.3, -0.25) is 19.8 Å². The fourth-order valence-electron chi connectivity index (χ4n) is 5.22. The zero-order valence-corrected chi connectivity index (χ0v) is 40.0. The number of allylic oxidation sites excluding steroid dienone is 2. The van der Waals surface area contributed by atoms with Gasteiger partial charge in [0, 0.05) is 28.5 Å². The SMILES string of the molecule is O=C(Nc1ccc(N=Nc2ccc(S(=O)(=O)[O-])cc2)cc1)c1ccc(N/N=C2\C(S(=O)(=O)[O-])=CC(=O)c3c(NC(=O)c4ccccc4)cc(S(=O)(=O)[O-])cc32)cc1.[Na+].[Na+].[Na+]. The molecule has 1 aliphatic rings. The van der Waals surface area contributed by atoms with Gasteiger partial charge < -0.3 is 24.3 Å². The number of amides is 2. The molecule has 0 spiro atoms.